The highest BCUT2D eigenvalue weighted by Crippen LogP contribution is 2.09. The predicted molar refractivity (Wildman–Crippen MR) is 55.0 cm³/mol. The van der Waals surface area contributed by atoms with E-state index in [1.807, 2.05) is 0 Å². The molecule has 0 amide bonds. The van der Waals surface area contributed by atoms with Crippen molar-refractivity contribution < 1.29 is 4.74 Å². The molecule has 3 nitrogen and oxygen atoms in total. The Morgan fingerprint density at radius 1 is 1.46 bits per heavy atom. The molecule has 1 saturated heterocycles. The maximum absolute atomic E-state index is 5.76. The van der Waals surface area contributed by atoms with Crippen LogP contribution in [0.5, 0.6) is 0 Å². The number of likely N-dealkylation sites (N-methyl/N-ethyl adjacent to an activating group) is 1. The molecule has 0 saturated carbocycles. The smallest absolute Gasteiger partial charge is 0.0641 e. The summed E-state index contributed by atoms with van der Waals surface area (Å²) in [5.74, 6) is 0. The standard InChI is InChI=1S/C10H22N2O/c1-10(2,3)13-8-9-7-11-5-6-12(9)4/h9,11H,5-8H2,1-4H3. The largest absolute Gasteiger partial charge is 0.374 e. The van der Waals surface area contributed by atoms with E-state index in [0.717, 1.165) is 26.2 Å². The molecule has 1 aliphatic rings. The van der Waals surface area contributed by atoms with Gasteiger partial charge in [0.15, 0.2) is 0 Å². The van der Waals surface area contributed by atoms with Crippen LogP contribution in [0.1, 0.15) is 20.8 Å². The zero-order valence-electron chi connectivity index (χ0n) is 9.26. The van der Waals surface area contributed by atoms with Gasteiger partial charge in [-0.05, 0) is 27.8 Å². The van der Waals surface area contributed by atoms with Gasteiger partial charge < -0.3 is 10.1 Å². The molecule has 1 N–H and O–H groups in total. The topological polar surface area (TPSA) is 24.5 Å². The van der Waals surface area contributed by atoms with Crippen molar-refractivity contribution in [3.63, 3.8) is 0 Å². The van der Waals surface area contributed by atoms with Crippen LogP contribution in [0.2, 0.25) is 0 Å². The number of hydrogen-bond acceptors (Lipinski definition) is 3. The van der Waals surface area contributed by atoms with Crippen molar-refractivity contribution in [2.75, 3.05) is 33.3 Å². The molecule has 0 radical (unpaired) electrons. The molecular formula is C10H22N2O. The van der Waals surface area contributed by atoms with E-state index in [-0.39, 0.29) is 5.60 Å². The van der Waals surface area contributed by atoms with Gasteiger partial charge in [-0.2, -0.15) is 0 Å². The lowest BCUT2D eigenvalue weighted by Crippen LogP contribution is -2.52. The molecule has 13 heavy (non-hydrogen) atoms. The average molecular weight is 186 g/mol. The number of ether oxygens (including phenoxy) is 1. The van der Waals surface area contributed by atoms with Crippen molar-refractivity contribution in [2.24, 2.45) is 0 Å². The Morgan fingerprint density at radius 3 is 2.69 bits per heavy atom. The molecule has 0 aliphatic carbocycles. The lowest BCUT2D eigenvalue weighted by Gasteiger charge is -2.34. The molecule has 1 aliphatic heterocycles. The predicted octanol–water partition coefficient (Wildman–Crippen LogP) is 0.705. The van der Waals surface area contributed by atoms with Gasteiger partial charge in [0.05, 0.1) is 12.2 Å². The number of rotatable bonds is 2. The van der Waals surface area contributed by atoms with Crippen molar-refractivity contribution in [2.45, 2.75) is 32.4 Å². The van der Waals surface area contributed by atoms with Crippen molar-refractivity contribution in [3.05, 3.63) is 0 Å². The minimum atomic E-state index is -0.0156. The van der Waals surface area contributed by atoms with Gasteiger partial charge in [-0.25, -0.2) is 0 Å². The lowest BCUT2D eigenvalue weighted by molar-refractivity contribution is -0.0349. The minimum Gasteiger partial charge on any atom is -0.374 e. The summed E-state index contributed by atoms with van der Waals surface area (Å²) in [6, 6.07) is 0.535. The molecule has 3 heteroatoms. The molecule has 0 bridgehead atoms. The Balaban J connectivity index is 2.27. The zero-order valence-corrected chi connectivity index (χ0v) is 9.26. The number of piperazine rings is 1. The first-order valence-electron chi connectivity index (χ1n) is 5.04. The van der Waals surface area contributed by atoms with E-state index in [1.165, 1.54) is 0 Å². The molecular weight excluding hydrogens is 164 g/mol. The Morgan fingerprint density at radius 2 is 2.15 bits per heavy atom. The molecule has 1 fully saturated rings. The summed E-state index contributed by atoms with van der Waals surface area (Å²) < 4.78 is 5.76. The van der Waals surface area contributed by atoms with Crippen LogP contribution in [0.25, 0.3) is 0 Å². The van der Waals surface area contributed by atoms with Crippen LogP contribution in [-0.4, -0.2) is 49.8 Å². The quantitative estimate of drug-likeness (QED) is 0.687. The van der Waals surface area contributed by atoms with Gasteiger partial charge >= 0.3 is 0 Å². The van der Waals surface area contributed by atoms with E-state index < -0.39 is 0 Å². The summed E-state index contributed by atoms with van der Waals surface area (Å²) in [7, 11) is 2.16. The molecule has 1 atom stereocenters. The number of nitrogens with one attached hydrogen (secondary N) is 1. The Hall–Kier alpha value is -0.120. The molecule has 1 unspecified atom stereocenters. The van der Waals surface area contributed by atoms with Crippen LogP contribution >= 0.6 is 0 Å². The Bertz CT molecular complexity index is 153. The van der Waals surface area contributed by atoms with Crippen molar-refractivity contribution >= 4 is 0 Å². The summed E-state index contributed by atoms with van der Waals surface area (Å²) in [5, 5.41) is 3.38. The van der Waals surface area contributed by atoms with E-state index >= 15 is 0 Å². The third-order valence-corrected chi connectivity index (χ3v) is 2.35. The summed E-state index contributed by atoms with van der Waals surface area (Å²) >= 11 is 0. The first-order chi connectivity index (χ1) is 5.99. The average Bonchev–Trinajstić information content (AvgIpc) is 2.01. The molecule has 0 aromatic heterocycles. The second-order valence-corrected chi connectivity index (χ2v) is 4.76. The van der Waals surface area contributed by atoms with Crippen LogP contribution in [-0.2, 0) is 4.74 Å². The van der Waals surface area contributed by atoms with Gasteiger partial charge in [-0.3, -0.25) is 4.90 Å². The Kier molecular flexibility index (Phi) is 3.71. The third-order valence-electron chi connectivity index (χ3n) is 2.35. The van der Waals surface area contributed by atoms with Crippen LogP contribution in [0.15, 0.2) is 0 Å². The highest BCUT2D eigenvalue weighted by Gasteiger charge is 2.21. The van der Waals surface area contributed by atoms with Crippen molar-refractivity contribution in [1.82, 2.24) is 10.2 Å². The fourth-order valence-electron chi connectivity index (χ4n) is 1.39. The first kappa shape index (κ1) is 11.0. The van der Waals surface area contributed by atoms with Gasteiger partial charge in [0.2, 0.25) is 0 Å². The summed E-state index contributed by atoms with van der Waals surface area (Å²) in [4.78, 5) is 2.36. The van der Waals surface area contributed by atoms with E-state index in [1.54, 1.807) is 0 Å². The highest BCUT2D eigenvalue weighted by molar-refractivity contribution is 4.77. The fourth-order valence-corrected chi connectivity index (χ4v) is 1.39. The van der Waals surface area contributed by atoms with Crippen molar-refractivity contribution in [1.29, 1.82) is 0 Å². The zero-order chi connectivity index (χ0) is 9.90. The van der Waals surface area contributed by atoms with Crippen LogP contribution < -0.4 is 5.32 Å². The van der Waals surface area contributed by atoms with Crippen LogP contribution in [0.4, 0.5) is 0 Å². The molecule has 0 spiro atoms. The summed E-state index contributed by atoms with van der Waals surface area (Å²) in [6.07, 6.45) is 0. The van der Waals surface area contributed by atoms with Gasteiger partial charge in [0, 0.05) is 25.7 Å². The molecule has 1 heterocycles. The van der Waals surface area contributed by atoms with Crippen LogP contribution in [0.3, 0.4) is 0 Å². The highest BCUT2D eigenvalue weighted by atomic mass is 16.5. The second-order valence-electron chi connectivity index (χ2n) is 4.76. The summed E-state index contributed by atoms with van der Waals surface area (Å²) in [5.41, 5.74) is -0.0156. The minimum absolute atomic E-state index is 0.0156. The van der Waals surface area contributed by atoms with Gasteiger partial charge in [0.1, 0.15) is 0 Å². The van der Waals surface area contributed by atoms with E-state index in [9.17, 15) is 0 Å². The fraction of sp³-hybridized carbons (Fsp3) is 1.00. The van der Waals surface area contributed by atoms with E-state index in [4.69, 9.17) is 4.74 Å². The Labute approximate surface area is 81.4 Å². The van der Waals surface area contributed by atoms with Crippen LogP contribution in [0, 0.1) is 0 Å². The lowest BCUT2D eigenvalue weighted by atomic mass is 10.1. The third kappa shape index (κ3) is 4.07. The van der Waals surface area contributed by atoms with Gasteiger partial charge in [-0.15, -0.1) is 0 Å². The summed E-state index contributed by atoms with van der Waals surface area (Å²) in [6.45, 7) is 10.4. The number of nitrogens with zero attached hydrogens (tertiary/aromatic N) is 1. The monoisotopic (exact) mass is 186 g/mol. The molecule has 78 valence electrons. The second kappa shape index (κ2) is 4.40. The van der Waals surface area contributed by atoms with Gasteiger partial charge in [-0.1, -0.05) is 0 Å². The maximum Gasteiger partial charge on any atom is 0.0641 e. The van der Waals surface area contributed by atoms with E-state index in [2.05, 4.69) is 38.0 Å². The van der Waals surface area contributed by atoms with E-state index in [0.29, 0.717) is 6.04 Å². The molecule has 1 rings (SSSR count). The normalized spacial score (nSPS) is 26.3. The maximum atomic E-state index is 5.76. The van der Waals surface area contributed by atoms with Crippen molar-refractivity contribution in [3.8, 4) is 0 Å². The first-order valence-corrected chi connectivity index (χ1v) is 5.04. The SMILES string of the molecule is CN1CCNCC1COC(C)(C)C. The number of hydrogen-bond donors (Lipinski definition) is 1. The van der Waals surface area contributed by atoms with Gasteiger partial charge in [0.25, 0.3) is 0 Å². The molecule has 0 aromatic rings. The molecule has 0 aromatic carbocycles.